The number of hydrogen-bond acceptors (Lipinski definition) is 5. The molecular formula is C10H18O5. The van der Waals surface area contributed by atoms with Gasteiger partial charge in [0.2, 0.25) is 0 Å². The summed E-state index contributed by atoms with van der Waals surface area (Å²) < 4.78 is 21.9. The molecule has 88 valence electrons. The van der Waals surface area contributed by atoms with E-state index in [1.807, 2.05) is 13.8 Å². The van der Waals surface area contributed by atoms with Crippen LogP contribution in [-0.2, 0) is 18.9 Å². The number of rotatable bonds is 1. The largest absolute Gasteiger partial charge is 0.388 e. The lowest BCUT2D eigenvalue weighted by molar-refractivity contribution is -0.262. The second kappa shape index (κ2) is 3.68. The molecule has 0 unspecified atom stereocenters. The number of hydrogen-bond donors (Lipinski definition) is 1. The average molecular weight is 218 g/mol. The van der Waals surface area contributed by atoms with Crippen molar-refractivity contribution in [2.45, 2.75) is 57.3 Å². The molecule has 2 fully saturated rings. The summed E-state index contributed by atoms with van der Waals surface area (Å²) in [5.41, 5.74) is 0. The molecule has 0 spiro atoms. The highest BCUT2D eigenvalue weighted by atomic mass is 16.8. The van der Waals surface area contributed by atoms with E-state index in [1.54, 1.807) is 14.0 Å². The van der Waals surface area contributed by atoms with Gasteiger partial charge in [0.25, 0.3) is 0 Å². The Morgan fingerprint density at radius 2 is 1.80 bits per heavy atom. The minimum atomic E-state index is -0.694. The molecule has 0 radical (unpaired) electrons. The minimum Gasteiger partial charge on any atom is -0.388 e. The fraction of sp³-hybridized carbons (Fsp3) is 1.00. The van der Waals surface area contributed by atoms with Crippen molar-refractivity contribution in [1.29, 1.82) is 0 Å². The van der Waals surface area contributed by atoms with Crippen molar-refractivity contribution in [2.75, 3.05) is 7.11 Å². The zero-order valence-electron chi connectivity index (χ0n) is 9.47. The highest BCUT2D eigenvalue weighted by molar-refractivity contribution is 4.94. The van der Waals surface area contributed by atoms with Crippen LogP contribution in [0.15, 0.2) is 0 Å². The molecule has 2 heterocycles. The first-order chi connectivity index (χ1) is 6.94. The van der Waals surface area contributed by atoms with Crippen molar-refractivity contribution < 1.29 is 24.1 Å². The van der Waals surface area contributed by atoms with Crippen LogP contribution in [0, 0.1) is 0 Å². The maximum absolute atomic E-state index is 9.91. The Balaban J connectivity index is 2.18. The van der Waals surface area contributed by atoms with Crippen LogP contribution >= 0.6 is 0 Å². The number of aliphatic hydroxyl groups excluding tert-OH is 1. The Morgan fingerprint density at radius 1 is 1.20 bits per heavy atom. The summed E-state index contributed by atoms with van der Waals surface area (Å²) in [6.07, 6.45) is -2.21. The fourth-order valence-corrected chi connectivity index (χ4v) is 2.12. The lowest BCUT2D eigenvalue weighted by Gasteiger charge is -2.37. The van der Waals surface area contributed by atoms with Crippen molar-refractivity contribution in [2.24, 2.45) is 0 Å². The van der Waals surface area contributed by atoms with E-state index < -0.39 is 18.2 Å². The monoisotopic (exact) mass is 218 g/mol. The molecule has 0 aromatic carbocycles. The van der Waals surface area contributed by atoms with Crippen molar-refractivity contribution >= 4 is 0 Å². The molecule has 5 nitrogen and oxygen atoms in total. The van der Waals surface area contributed by atoms with Gasteiger partial charge < -0.3 is 24.1 Å². The number of fused-ring (bicyclic) bond motifs is 1. The van der Waals surface area contributed by atoms with Crippen LogP contribution in [0.2, 0.25) is 0 Å². The molecule has 0 amide bonds. The number of ether oxygens (including phenoxy) is 4. The summed E-state index contributed by atoms with van der Waals surface area (Å²) in [6.45, 7) is 5.42. The van der Waals surface area contributed by atoms with Crippen LogP contribution in [0.25, 0.3) is 0 Å². The first-order valence-corrected chi connectivity index (χ1v) is 5.16. The van der Waals surface area contributed by atoms with Gasteiger partial charge in [0.1, 0.15) is 18.3 Å². The van der Waals surface area contributed by atoms with Gasteiger partial charge in [0, 0.05) is 7.11 Å². The molecule has 0 bridgehead atoms. The van der Waals surface area contributed by atoms with Crippen molar-refractivity contribution in [3.63, 3.8) is 0 Å². The molecule has 15 heavy (non-hydrogen) atoms. The van der Waals surface area contributed by atoms with Gasteiger partial charge in [-0.15, -0.1) is 0 Å². The normalized spacial score (nSPS) is 49.0. The molecule has 2 aliphatic heterocycles. The van der Waals surface area contributed by atoms with Gasteiger partial charge in [0.05, 0.1) is 6.10 Å². The van der Waals surface area contributed by atoms with E-state index >= 15 is 0 Å². The second-order valence-electron chi connectivity index (χ2n) is 4.50. The zero-order chi connectivity index (χ0) is 11.2. The van der Waals surface area contributed by atoms with Crippen LogP contribution < -0.4 is 0 Å². The summed E-state index contributed by atoms with van der Waals surface area (Å²) in [6, 6.07) is 0. The van der Waals surface area contributed by atoms with E-state index in [0.717, 1.165) is 0 Å². The standard InChI is InChI=1S/C10H18O5/c1-5-6(11)7-8(9(12-4)13-5)15-10(2,3)14-7/h5-9,11H,1-4H3/t5-,6-,7+,8-,9+/m1/s1. The Hall–Kier alpha value is -0.200. The summed E-state index contributed by atoms with van der Waals surface area (Å²) in [5.74, 6) is -0.694. The fourth-order valence-electron chi connectivity index (χ4n) is 2.12. The predicted molar refractivity (Wildman–Crippen MR) is 51.2 cm³/mol. The van der Waals surface area contributed by atoms with E-state index in [9.17, 15) is 5.11 Å². The summed E-state index contributed by atoms with van der Waals surface area (Å²) in [4.78, 5) is 0. The van der Waals surface area contributed by atoms with Crippen LogP contribution in [0.5, 0.6) is 0 Å². The van der Waals surface area contributed by atoms with Gasteiger partial charge in [0.15, 0.2) is 12.1 Å². The molecular weight excluding hydrogens is 200 g/mol. The topological polar surface area (TPSA) is 57.2 Å². The van der Waals surface area contributed by atoms with Gasteiger partial charge in [-0.1, -0.05) is 0 Å². The van der Waals surface area contributed by atoms with E-state index in [1.165, 1.54) is 0 Å². The highest BCUT2D eigenvalue weighted by Crippen LogP contribution is 2.37. The lowest BCUT2D eigenvalue weighted by atomic mass is 10.0. The average Bonchev–Trinajstić information content (AvgIpc) is 2.48. The summed E-state index contributed by atoms with van der Waals surface area (Å²) in [7, 11) is 1.56. The Kier molecular flexibility index (Phi) is 2.77. The smallest absolute Gasteiger partial charge is 0.186 e. The first-order valence-electron chi connectivity index (χ1n) is 5.16. The quantitative estimate of drug-likeness (QED) is 0.684. The molecule has 0 aromatic rings. The minimum absolute atomic E-state index is 0.311. The van der Waals surface area contributed by atoms with E-state index in [-0.39, 0.29) is 18.3 Å². The Morgan fingerprint density at radius 3 is 2.40 bits per heavy atom. The van der Waals surface area contributed by atoms with Gasteiger partial charge in [-0.3, -0.25) is 0 Å². The maximum atomic E-state index is 9.91. The van der Waals surface area contributed by atoms with Crippen LogP contribution in [-0.4, -0.2) is 48.7 Å². The SMILES string of the molecule is CO[C@H]1O[C@H](C)[C@@H](O)[C@@H]2OC(C)(C)O[C@@H]12. The molecule has 5 heteroatoms. The Labute approximate surface area is 89.3 Å². The second-order valence-corrected chi connectivity index (χ2v) is 4.50. The van der Waals surface area contributed by atoms with Crippen molar-refractivity contribution in [3.8, 4) is 0 Å². The molecule has 0 saturated carbocycles. The van der Waals surface area contributed by atoms with Crippen molar-refractivity contribution in [1.82, 2.24) is 0 Å². The highest BCUT2D eigenvalue weighted by Gasteiger charge is 2.54. The van der Waals surface area contributed by atoms with Gasteiger partial charge in [-0.25, -0.2) is 0 Å². The third-order valence-corrected chi connectivity index (χ3v) is 2.83. The molecule has 5 atom stereocenters. The maximum Gasteiger partial charge on any atom is 0.186 e. The molecule has 0 aromatic heterocycles. The molecule has 2 saturated heterocycles. The van der Waals surface area contributed by atoms with E-state index in [0.29, 0.717) is 0 Å². The Bertz CT molecular complexity index is 234. The van der Waals surface area contributed by atoms with Crippen molar-refractivity contribution in [3.05, 3.63) is 0 Å². The zero-order valence-corrected chi connectivity index (χ0v) is 9.47. The van der Waals surface area contributed by atoms with Gasteiger partial charge in [-0.2, -0.15) is 0 Å². The summed E-state index contributed by atoms with van der Waals surface area (Å²) in [5, 5.41) is 9.91. The third kappa shape index (κ3) is 1.90. The summed E-state index contributed by atoms with van der Waals surface area (Å²) >= 11 is 0. The predicted octanol–water partition coefficient (Wildman–Crippen LogP) is 0.259. The van der Waals surface area contributed by atoms with Crippen LogP contribution in [0.4, 0.5) is 0 Å². The van der Waals surface area contributed by atoms with E-state index in [4.69, 9.17) is 18.9 Å². The first kappa shape index (κ1) is 11.3. The third-order valence-electron chi connectivity index (χ3n) is 2.83. The van der Waals surface area contributed by atoms with Gasteiger partial charge >= 0.3 is 0 Å². The van der Waals surface area contributed by atoms with Gasteiger partial charge in [-0.05, 0) is 20.8 Å². The number of aliphatic hydroxyl groups is 1. The molecule has 0 aliphatic carbocycles. The molecule has 2 rings (SSSR count). The molecule has 1 N–H and O–H groups in total. The van der Waals surface area contributed by atoms with Crippen LogP contribution in [0.1, 0.15) is 20.8 Å². The number of methoxy groups -OCH3 is 1. The van der Waals surface area contributed by atoms with Crippen LogP contribution in [0.3, 0.4) is 0 Å². The van der Waals surface area contributed by atoms with E-state index in [2.05, 4.69) is 0 Å². The lowest BCUT2D eigenvalue weighted by Crippen LogP contribution is -2.55. The molecule has 2 aliphatic rings.